The maximum atomic E-state index is 12.6. The average molecular weight is 346 g/mol. The highest BCUT2D eigenvalue weighted by Gasteiger charge is 2.27. The summed E-state index contributed by atoms with van der Waals surface area (Å²) in [5.41, 5.74) is 5.92. The van der Waals surface area contributed by atoms with Gasteiger partial charge in [-0.3, -0.25) is 9.59 Å². The second-order valence-corrected chi connectivity index (χ2v) is 7.04. The molecule has 136 valence electrons. The van der Waals surface area contributed by atoms with Crippen LogP contribution in [0.15, 0.2) is 18.3 Å². The van der Waals surface area contributed by atoms with Crippen molar-refractivity contribution in [2.45, 2.75) is 38.9 Å². The Hall–Kier alpha value is -2.15. The highest BCUT2D eigenvalue weighted by atomic mass is 16.5. The van der Waals surface area contributed by atoms with Crippen LogP contribution in [0.4, 0.5) is 5.82 Å². The van der Waals surface area contributed by atoms with Crippen LogP contribution in [0.3, 0.4) is 0 Å². The van der Waals surface area contributed by atoms with Gasteiger partial charge in [0, 0.05) is 38.3 Å². The maximum absolute atomic E-state index is 12.6. The van der Waals surface area contributed by atoms with Crippen molar-refractivity contribution >= 4 is 17.6 Å². The number of carbonyl (C=O) groups is 2. The first-order valence-electron chi connectivity index (χ1n) is 8.89. The average Bonchev–Trinajstić information content (AvgIpc) is 2.60. The fourth-order valence-corrected chi connectivity index (χ4v) is 3.61. The molecule has 1 aromatic heterocycles. The number of piperidine rings is 1. The number of nitrogens with two attached hydrogens (primary N) is 1. The third-order valence-electron chi connectivity index (χ3n) is 4.92. The second-order valence-electron chi connectivity index (χ2n) is 7.04. The van der Waals surface area contributed by atoms with Crippen molar-refractivity contribution in [2.75, 3.05) is 31.1 Å². The molecule has 2 aliphatic rings. The Morgan fingerprint density at radius 2 is 1.80 bits per heavy atom. The first-order valence-corrected chi connectivity index (χ1v) is 8.89. The van der Waals surface area contributed by atoms with E-state index in [9.17, 15) is 9.59 Å². The van der Waals surface area contributed by atoms with E-state index in [0.717, 1.165) is 18.9 Å². The van der Waals surface area contributed by atoms with Crippen LogP contribution in [0.25, 0.3) is 0 Å². The smallest absolute Gasteiger partial charge is 0.255 e. The minimum absolute atomic E-state index is 0.0364. The molecule has 7 heteroatoms. The van der Waals surface area contributed by atoms with Gasteiger partial charge in [0.2, 0.25) is 5.91 Å². The molecule has 0 saturated carbocycles. The minimum Gasteiger partial charge on any atom is -0.372 e. The minimum atomic E-state index is -0.271. The number of carbonyl (C=O) groups excluding carboxylic acids is 2. The van der Waals surface area contributed by atoms with Gasteiger partial charge in [-0.05, 0) is 38.8 Å². The van der Waals surface area contributed by atoms with Crippen LogP contribution in [0, 0.1) is 5.92 Å². The number of primary amides is 1. The van der Waals surface area contributed by atoms with E-state index in [1.165, 1.54) is 0 Å². The molecular formula is C18H26N4O3. The fourth-order valence-electron chi connectivity index (χ4n) is 3.61. The third-order valence-corrected chi connectivity index (χ3v) is 4.92. The quantitative estimate of drug-likeness (QED) is 0.883. The molecule has 0 aliphatic carbocycles. The Labute approximate surface area is 148 Å². The maximum Gasteiger partial charge on any atom is 0.255 e. The monoisotopic (exact) mass is 346 g/mol. The van der Waals surface area contributed by atoms with Crippen molar-refractivity contribution in [3.63, 3.8) is 0 Å². The van der Waals surface area contributed by atoms with E-state index in [2.05, 4.69) is 23.7 Å². The van der Waals surface area contributed by atoms with E-state index in [1.807, 2.05) is 12.1 Å². The number of rotatable bonds is 3. The number of aromatic nitrogens is 1. The van der Waals surface area contributed by atoms with Gasteiger partial charge in [-0.2, -0.15) is 0 Å². The topological polar surface area (TPSA) is 88.8 Å². The van der Waals surface area contributed by atoms with Gasteiger partial charge in [0.05, 0.1) is 17.8 Å². The van der Waals surface area contributed by atoms with E-state index in [0.29, 0.717) is 31.5 Å². The summed E-state index contributed by atoms with van der Waals surface area (Å²) in [6.07, 6.45) is 3.24. The van der Waals surface area contributed by atoms with E-state index in [-0.39, 0.29) is 29.9 Å². The molecule has 0 unspecified atom stereocenters. The summed E-state index contributed by atoms with van der Waals surface area (Å²) in [6.45, 7) is 6.82. The Kier molecular flexibility index (Phi) is 5.22. The van der Waals surface area contributed by atoms with Gasteiger partial charge in [-0.1, -0.05) is 0 Å². The molecule has 2 amide bonds. The molecule has 0 spiro atoms. The zero-order chi connectivity index (χ0) is 18.0. The van der Waals surface area contributed by atoms with Crippen LogP contribution < -0.4 is 10.6 Å². The molecule has 0 radical (unpaired) electrons. The van der Waals surface area contributed by atoms with Gasteiger partial charge in [0.25, 0.3) is 5.91 Å². The lowest BCUT2D eigenvalue weighted by Gasteiger charge is -2.36. The van der Waals surface area contributed by atoms with E-state index < -0.39 is 0 Å². The summed E-state index contributed by atoms with van der Waals surface area (Å²) >= 11 is 0. The van der Waals surface area contributed by atoms with Crippen LogP contribution in [-0.2, 0) is 9.53 Å². The molecule has 0 bridgehead atoms. The van der Waals surface area contributed by atoms with Gasteiger partial charge in [-0.15, -0.1) is 0 Å². The number of ether oxygens (including phenoxy) is 1. The van der Waals surface area contributed by atoms with Crippen molar-refractivity contribution in [1.29, 1.82) is 0 Å². The highest BCUT2D eigenvalue weighted by molar-refractivity contribution is 5.94. The molecule has 7 nitrogen and oxygen atoms in total. The summed E-state index contributed by atoms with van der Waals surface area (Å²) in [6, 6.07) is 3.73. The Morgan fingerprint density at radius 3 is 2.32 bits per heavy atom. The molecule has 2 atom stereocenters. The van der Waals surface area contributed by atoms with Crippen molar-refractivity contribution in [2.24, 2.45) is 11.7 Å². The number of nitrogens with zero attached hydrogens (tertiary/aromatic N) is 3. The van der Waals surface area contributed by atoms with Crippen LogP contribution in [-0.4, -0.2) is 60.1 Å². The molecule has 3 heterocycles. The van der Waals surface area contributed by atoms with Crippen molar-refractivity contribution in [3.8, 4) is 0 Å². The number of hydrogen-bond donors (Lipinski definition) is 1. The molecule has 25 heavy (non-hydrogen) atoms. The fraction of sp³-hybridized carbons (Fsp3) is 0.611. The molecule has 1 aromatic rings. The van der Waals surface area contributed by atoms with Crippen molar-refractivity contribution in [1.82, 2.24) is 9.88 Å². The highest BCUT2D eigenvalue weighted by Crippen LogP contribution is 2.21. The summed E-state index contributed by atoms with van der Waals surface area (Å²) in [5, 5.41) is 0. The molecule has 3 rings (SSSR count). The van der Waals surface area contributed by atoms with Crippen LogP contribution in [0.1, 0.15) is 37.0 Å². The summed E-state index contributed by atoms with van der Waals surface area (Å²) < 4.78 is 5.74. The lowest BCUT2D eigenvalue weighted by molar-refractivity contribution is -0.123. The van der Waals surface area contributed by atoms with Crippen molar-refractivity contribution in [3.05, 3.63) is 23.9 Å². The number of pyridine rings is 1. The first kappa shape index (κ1) is 17.7. The lowest BCUT2D eigenvalue weighted by atomic mass is 9.96. The molecule has 0 aromatic carbocycles. The number of amides is 2. The van der Waals surface area contributed by atoms with Crippen LogP contribution in [0.2, 0.25) is 0 Å². The van der Waals surface area contributed by atoms with Crippen molar-refractivity contribution < 1.29 is 14.3 Å². The number of hydrogen-bond acceptors (Lipinski definition) is 5. The van der Waals surface area contributed by atoms with Gasteiger partial charge in [0.15, 0.2) is 0 Å². The normalized spacial score (nSPS) is 25.0. The summed E-state index contributed by atoms with van der Waals surface area (Å²) in [5.74, 6) is 0.443. The zero-order valence-corrected chi connectivity index (χ0v) is 14.9. The predicted molar refractivity (Wildman–Crippen MR) is 94.3 cm³/mol. The van der Waals surface area contributed by atoms with E-state index in [4.69, 9.17) is 10.5 Å². The number of likely N-dealkylation sites (tertiary alicyclic amines) is 1. The predicted octanol–water partition coefficient (Wildman–Crippen LogP) is 1.03. The first-order chi connectivity index (χ1) is 11.9. The van der Waals surface area contributed by atoms with Crippen LogP contribution >= 0.6 is 0 Å². The number of morpholine rings is 1. The largest absolute Gasteiger partial charge is 0.372 e. The second kappa shape index (κ2) is 7.39. The third kappa shape index (κ3) is 4.10. The molecule has 2 N–H and O–H groups in total. The standard InChI is InChI=1S/C18H26N4O3/c1-12-10-22(11-13(2)25-12)16-4-3-15(9-20-16)18(24)21-7-5-14(6-8-21)17(19)23/h3-4,9,12-14H,5-8,10-11H2,1-2H3,(H2,19,23)/t12-,13-/m0/s1. The number of anilines is 1. The van der Waals surface area contributed by atoms with Gasteiger partial charge in [-0.25, -0.2) is 4.98 Å². The van der Waals surface area contributed by atoms with Crippen LogP contribution in [0.5, 0.6) is 0 Å². The molecule has 2 saturated heterocycles. The van der Waals surface area contributed by atoms with Gasteiger partial charge >= 0.3 is 0 Å². The van der Waals surface area contributed by atoms with E-state index in [1.54, 1.807) is 11.1 Å². The SMILES string of the molecule is C[C@H]1CN(c2ccc(C(=O)N3CCC(C(N)=O)CC3)cn2)C[C@H](C)O1. The van der Waals surface area contributed by atoms with Gasteiger partial charge < -0.3 is 20.3 Å². The molecule has 2 fully saturated rings. The molecular weight excluding hydrogens is 320 g/mol. The Morgan fingerprint density at radius 1 is 1.16 bits per heavy atom. The summed E-state index contributed by atoms with van der Waals surface area (Å²) in [4.78, 5) is 32.3. The summed E-state index contributed by atoms with van der Waals surface area (Å²) in [7, 11) is 0. The van der Waals surface area contributed by atoms with Gasteiger partial charge in [0.1, 0.15) is 5.82 Å². The van der Waals surface area contributed by atoms with E-state index >= 15 is 0 Å². The zero-order valence-electron chi connectivity index (χ0n) is 14.9. The Balaban J connectivity index is 1.62. The lowest BCUT2D eigenvalue weighted by Crippen LogP contribution is -2.45. The molecule has 2 aliphatic heterocycles. The Bertz CT molecular complexity index is 616.